The number of nitrogens with one attached hydrogen (secondary N) is 1. The molecule has 0 atom stereocenters. The summed E-state index contributed by atoms with van der Waals surface area (Å²) in [6.45, 7) is 7.03. The maximum absolute atomic E-state index is 11.7. The number of hydrogen-bond acceptors (Lipinski definition) is 6. The molecular weight excluding hydrogens is 294 g/mol. The quantitative estimate of drug-likeness (QED) is 0.671. The first-order valence-corrected chi connectivity index (χ1v) is 7.03. The largest absolute Gasteiger partial charge is 0.444 e. The molecule has 0 saturated heterocycles. The molecule has 1 aromatic heterocycles. The molecule has 1 N–H and O–H groups in total. The van der Waals surface area contributed by atoms with E-state index in [0.29, 0.717) is 20.9 Å². The van der Waals surface area contributed by atoms with Gasteiger partial charge in [0.05, 0.1) is 15.1 Å². The van der Waals surface area contributed by atoms with Crippen molar-refractivity contribution in [2.75, 3.05) is 5.32 Å². The number of amides is 1. The van der Waals surface area contributed by atoms with Gasteiger partial charge in [0.1, 0.15) is 5.60 Å². The Bertz CT molecular complexity index is 718. The molecular formula is C13H15N3O4S. The highest BCUT2D eigenvalue weighted by molar-refractivity contribution is 7.22. The summed E-state index contributed by atoms with van der Waals surface area (Å²) in [4.78, 5) is 26.3. The second-order valence-electron chi connectivity index (χ2n) is 5.51. The van der Waals surface area contributed by atoms with Gasteiger partial charge in [0.2, 0.25) is 0 Å². The lowest BCUT2D eigenvalue weighted by molar-refractivity contribution is -0.384. The van der Waals surface area contributed by atoms with E-state index >= 15 is 0 Å². The van der Waals surface area contributed by atoms with E-state index in [1.54, 1.807) is 27.7 Å². The zero-order valence-electron chi connectivity index (χ0n) is 12.1. The molecule has 0 fully saturated rings. The zero-order chi connectivity index (χ0) is 15.8. The number of fused-ring (bicyclic) bond motifs is 1. The summed E-state index contributed by atoms with van der Waals surface area (Å²) in [5.41, 5.74) is 0.729. The Hall–Kier alpha value is -2.22. The highest BCUT2D eigenvalue weighted by atomic mass is 32.1. The van der Waals surface area contributed by atoms with Gasteiger partial charge in [0.15, 0.2) is 5.13 Å². The highest BCUT2D eigenvalue weighted by Crippen LogP contribution is 2.32. The number of carbonyl (C=O) groups is 1. The van der Waals surface area contributed by atoms with Crippen LogP contribution in [0.15, 0.2) is 12.1 Å². The number of nitro benzene ring substituents is 1. The molecule has 0 spiro atoms. The van der Waals surface area contributed by atoms with Crippen LogP contribution in [0, 0.1) is 17.0 Å². The van der Waals surface area contributed by atoms with Crippen LogP contribution in [-0.2, 0) is 4.74 Å². The van der Waals surface area contributed by atoms with Gasteiger partial charge in [-0.1, -0.05) is 11.3 Å². The molecule has 0 unspecified atom stereocenters. The van der Waals surface area contributed by atoms with Crippen LogP contribution < -0.4 is 5.32 Å². The highest BCUT2D eigenvalue weighted by Gasteiger charge is 2.19. The predicted octanol–water partition coefficient (Wildman–Crippen LogP) is 3.86. The molecule has 0 aliphatic heterocycles. The van der Waals surface area contributed by atoms with E-state index in [1.807, 2.05) is 0 Å². The van der Waals surface area contributed by atoms with E-state index in [0.717, 1.165) is 0 Å². The number of nitrogens with zero attached hydrogens (tertiary/aromatic N) is 2. The van der Waals surface area contributed by atoms with Crippen molar-refractivity contribution in [1.82, 2.24) is 4.98 Å². The number of non-ortho nitro benzene ring substituents is 1. The Morgan fingerprint density at radius 2 is 2.10 bits per heavy atom. The maximum Gasteiger partial charge on any atom is 0.413 e. The number of hydrogen-bond donors (Lipinski definition) is 1. The van der Waals surface area contributed by atoms with Gasteiger partial charge in [-0.15, -0.1) is 0 Å². The molecule has 0 radical (unpaired) electrons. The fraction of sp³-hybridized carbons (Fsp3) is 0.385. The molecule has 0 bridgehead atoms. The summed E-state index contributed by atoms with van der Waals surface area (Å²) >= 11 is 1.17. The number of rotatable bonds is 2. The number of aryl methyl sites for hydroxylation is 1. The summed E-state index contributed by atoms with van der Waals surface area (Å²) in [5, 5.41) is 13.7. The lowest BCUT2D eigenvalue weighted by Gasteiger charge is -2.18. The second-order valence-corrected chi connectivity index (χ2v) is 6.54. The molecule has 8 heteroatoms. The molecule has 21 heavy (non-hydrogen) atoms. The summed E-state index contributed by atoms with van der Waals surface area (Å²) in [6.07, 6.45) is -0.603. The fourth-order valence-electron chi connectivity index (χ4n) is 1.73. The number of anilines is 1. The van der Waals surface area contributed by atoms with E-state index in [9.17, 15) is 14.9 Å². The first-order valence-electron chi connectivity index (χ1n) is 6.21. The molecule has 2 rings (SSSR count). The standard InChI is InChI=1S/C13H15N3O4S/c1-7-5-8(16(18)19)6-9-10(7)14-11(21-9)15-12(17)20-13(2,3)4/h5-6H,1-4H3,(H,14,15,17). The number of aromatic nitrogens is 1. The molecule has 112 valence electrons. The van der Waals surface area contributed by atoms with Gasteiger partial charge in [0.25, 0.3) is 5.69 Å². The average molecular weight is 309 g/mol. The van der Waals surface area contributed by atoms with Gasteiger partial charge in [-0.25, -0.2) is 9.78 Å². The monoisotopic (exact) mass is 309 g/mol. The van der Waals surface area contributed by atoms with Crippen molar-refractivity contribution in [2.24, 2.45) is 0 Å². The summed E-state index contributed by atoms with van der Waals surface area (Å²) in [6, 6.07) is 2.90. The van der Waals surface area contributed by atoms with Crippen LogP contribution in [0.5, 0.6) is 0 Å². The van der Waals surface area contributed by atoms with Crippen LogP contribution >= 0.6 is 11.3 Å². The summed E-state index contributed by atoms with van der Waals surface area (Å²) in [7, 11) is 0. The first-order chi connectivity index (χ1) is 9.65. The number of carbonyl (C=O) groups excluding carboxylic acids is 1. The molecule has 0 aliphatic rings. The van der Waals surface area contributed by atoms with E-state index in [1.165, 1.54) is 23.5 Å². The van der Waals surface area contributed by atoms with Crippen molar-refractivity contribution in [1.29, 1.82) is 0 Å². The molecule has 2 aromatic rings. The second kappa shape index (κ2) is 5.28. The van der Waals surface area contributed by atoms with Crippen LogP contribution in [-0.4, -0.2) is 21.6 Å². The maximum atomic E-state index is 11.7. The normalized spacial score (nSPS) is 11.4. The molecule has 1 amide bonds. The predicted molar refractivity (Wildman–Crippen MR) is 80.9 cm³/mol. The van der Waals surface area contributed by atoms with Gasteiger partial charge in [-0.2, -0.15) is 0 Å². The van der Waals surface area contributed by atoms with E-state index in [4.69, 9.17) is 4.74 Å². The molecule has 0 saturated carbocycles. The van der Waals surface area contributed by atoms with Crippen molar-refractivity contribution in [3.63, 3.8) is 0 Å². The Kier molecular flexibility index (Phi) is 3.82. The summed E-state index contributed by atoms with van der Waals surface area (Å²) < 4.78 is 5.78. The van der Waals surface area contributed by atoms with Crippen LogP contribution in [0.2, 0.25) is 0 Å². The van der Waals surface area contributed by atoms with Crippen molar-refractivity contribution in [2.45, 2.75) is 33.3 Å². The third-order valence-corrected chi connectivity index (χ3v) is 3.41. The SMILES string of the molecule is Cc1cc([N+](=O)[O-])cc2sc(NC(=O)OC(C)(C)C)nc12. The molecule has 1 aromatic carbocycles. The van der Waals surface area contributed by atoms with E-state index < -0.39 is 16.6 Å². The number of ether oxygens (including phenoxy) is 1. The van der Waals surface area contributed by atoms with Gasteiger partial charge in [-0.05, 0) is 33.3 Å². The van der Waals surface area contributed by atoms with Crippen molar-refractivity contribution in [3.05, 3.63) is 27.8 Å². The number of benzene rings is 1. The zero-order valence-corrected chi connectivity index (χ0v) is 12.9. The average Bonchev–Trinajstić information content (AvgIpc) is 2.68. The molecule has 7 nitrogen and oxygen atoms in total. The Balaban J connectivity index is 2.29. The van der Waals surface area contributed by atoms with Gasteiger partial charge >= 0.3 is 6.09 Å². The lowest BCUT2D eigenvalue weighted by Crippen LogP contribution is -2.27. The van der Waals surface area contributed by atoms with Crippen LogP contribution in [0.1, 0.15) is 26.3 Å². The fourth-order valence-corrected chi connectivity index (χ4v) is 2.69. The summed E-state index contributed by atoms with van der Waals surface area (Å²) in [5.74, 6) is 0. The van der Waals surface area contributed by atoms with Crippen LogP contribution in [0.4, 0.5) is 15.6 Å². The number of nitro groups is 1. The van der Waals surface area contributed by atoms with Gasteiger partial charge < -0.3 is 4.74 Å². The van der Waals surface area contributed by atoms with Crippen LogP contribution in [0.25, 0.3) is 10.2 Å². The third kappa shape index (κ3) is 3.66. The minimum absolute atomic E-state index is 0.00691. The first kappa shape index (κ1) is 15.2. The lowest BCUT2D eigenvalue weighted by atomic mass is 10.2. The van der Waals surface area contributed by atoms with E-state index in [-0.39, 0.29) is 5.69 Å². The van der Waals surface area contributed by atoms with E-state index in [2.05, 4.69) is 10.3 Å². The molecule has 1 heterocycles. The van der Waals surface area contributed by atoms with Gasteiger partial charge in [0, 0.05) is 12.1 Å². The van der Waals surface area contributed by atoms with Crippen LogP contribution in [0.3, 0.4) is 0 Å². The smallest absolute Gasteiger partial charge is 0.413 e. The minimum Gasteiger partial charge on any atom is -0.444 e. The Labute approximate surface area is 125 Å². The number of thiazole rings is 1. The Morgan fingerprint density at radius 3 is 2.67 bits per heavy atom. The van der Waals surface area contributed by atoms with Crippen molar-refractivity contribution in [3.8, 4) is 0 Å². The Morgan fingerprint density at radius 1 is 1.43 bits per heavy atom. The van der Waals surface area contributed by atoms with Crippen molar-refractivity contribution < 1.29 is 14.5 Å². The third-order valence-electron chi connectivity index (χ3n) is 2.49. The topological polar surface area (TPSA) is 94.4 Å². The van der Waals surface area contributed by atoms with Gasteiger partial charge in [-0.3, -0.25) is 15.4 Å². The minimum atomic E-state index is -0.603. The van der Waals surface area contributed by atoms with Crippen molar-refractivity contribution >= 4 is 38.5 Å². The molecule has 0 aliphatic carbocycles.